The zero-order valence-corrected chi connectivity index (χ0v) is 19.4. The third-order valence-electron chi connectivity index (χ3n) is 5.92. The molecule has 11 heteroatoms. The molecule has 0 aliphatic carbocycles. The summed E-state index contributed by atoms with van der Waals surface area (Å²) >= 11 is 0. The van der Waals surface area contributed by atoms with Crippen LogP contribution in [-0.2, 0) is 23.0 Å². The van der Waals surface area contributed by atoms with E-state index in [0.717, 1.165) is 16.8 Å². The number of pyridine rings is 2. The molecule has 9 nitrogen and oxygen atoms in total. The first-order valence-electron chi connectivity index (χ1n) is 10.6. The van der Waals surface area contributed by atoms with Gasteiger partial charge in [0.05, 0.1) is 11.9 Å². The number of nitrogens with two attached hydrogens (primary N) is 1. The van der Waals surface area contributed by atoms with E-state index in [1.807, 2.05) is 19.1 Å². The van der Waals surface area contributed by atoms with Crippen molar-refractivity contribution in [2.45, 2.75) is 19.9 Å². The van der Waals surface area contributed by atoms with Crippen LogP contribution in [0, 0.1) is 12.7 Å². The van der Waals surface area contributed by atoms with Gasteiger partial charge in [-0.1, -0.05) is 6.07 Å². The number of hydrogen-bond acceptors (Lipinski definition) is 8. The maximum Gasteiger partial charge on any atom is 0.211 e. The van der Waals surface area contributed by atoms with Crippen LogP contribution in [-0.4, -0.2) is 45.7 Å². The van der Waals surface area contributed by atoms with E-state index in [4.69, 9.17) is 5.73 Å². The van der Waals surface area contributed by atoms with Crippen molar-refractivity contribution in [1.29, 1.82) is 0 Å². The fourth-order valence-electron chi connectivity index (χ4n) is 4.07. The lowest BCUT2D eigenvalue weighted by Gasteiger charge is -2.26. The van der Waals surface area contributed by atoms with Crippen LogP contribution >= 0.6 is 0 Å². The Morgan fingerprint density at radius 3 is 2.71 bits per heavy atom. The van der Waals surface area contributed by atoms with Gasteiger partial charge in [-0.15, -0.1) is 10.2 Å². The molecule has 0 unspecified atom stereocenters. The number of rotatable bonds is 4. The SMILES string of the molecule is Cc1ccncc1-c1cc2cc(Nc3ccc4c(n3)CCN(S(C)(=O)=O)C4)nnc2c(N)c1F. The molecule has 34 heavy (non-hydrogen) atoms. The first-order valence-corrected chi connectivity index (χ1v) is 12.4. The molecule has 5 rings (SSSR count). The van der Waals surface area contributed by atoms with Gasteiger partial charge in [-0.05, 0) is 42.3 Å². The van der Waals surface area contributed by atoms with Gasteiger partial charge in [-0.2, -0.15) is 4.31 Å². The van der Waals surface area contributed by atoms with Gasteiger partial charge in [0.2, 0.25) is 10.0 Å². The topological polar surface area (TPSA) is 127 Å². The molecule has 0 radical (unpaired) electrons. The molecule has 0 atom stereocenters. The summed E-state index contributed by atoms with van der Waals surface area (Å²) in [5.41, 5.74) is 9.82. The smallest absolute Gasteiger partial charge is 0.211 e. The lowest BCUT2D eigenvalue weighted by atomic mass is 9.99. The molecule has 0 saturated heterocycles. The average Bonchev–Trinajstić information content (AvgIpc) is 2.81. The predicted octanol–water partition coefficient (Wildman–Crippen LogP) is 3.18. The Bertz CT molecular complexity index is 1540. The number of benzene rings is 1. The predicted molar refractivity (Wildman–Crippen MR) is 128 cm³/mol. The summed E-state index contributed by atoms with van der Waals surface area (Å²) < 4.78 is 40.1. The minimum absolute atomic E-state index is 0.0721. The van der Waals surface area contributed by atoms with Crippen molar-refractivity contribution in [2.24, 2.45) is 0 Å². The van der Waals surface area contributed by atoms with Gasteiger partial charge in [0.15, 0.2) is 11.6 Å². The summed E-state index contributed by atoms with van der Waals surface area (Å²) in [7, 11) is -3.25. The van der Waals surface area contributed by atoms with E-state index < -0.39 is 15.8 Å². The van der Waals surface area contributed by atoms with Crippen molar-refractivity contribution in [3.63, 3.8) is 0 Å². The van der Waals surface area contributed by atoms with Gasteiger partial charge in [0, 0.05) is 54.1 Å². The average molecular weight is 480 g/mol. The van der Waals surface area contributed by atoms with Crippen molar-refractivity contribution in [2.75, 3.05) is 23.9 Å². The largest absolute Gasteiger partial charge is 0.395 e. The number of aryl methyl sites for hydroxylation is 1. The van der Waals surface area contributed by atoms with Crippen LogP contribution in [0.5, 0.6) is 0 Å². The van der Waals surface area contributed by atoms with Crippen molar-refractivity contribution >= 4 is 38.2 Å². The Labute approximate surface area is 195 Å². The Morgan fingerprint density at radius 2 is 1.94 bits per heavy atom. The molecule has 0 saturated carbocycles. The third kappa shape index (κ3) is 4.03. The number of nitrogens with one attached hydrogen (secondary N) is 1. The number of anilines is 3. The van der Waals surface area contributed by atoms with E-state index in [-0.39, 0.29) is 11.2 Å². The van der Waals surface area contributed by atoms with Crippen molar-refractivity contribution in [1.82, 2.24) is 24.5 Å². The molecular weight excluding hydrogens is 457 g/mol. The maximum absolute atomic E-state index is 15.0. The fourth-order valence-corrected chi connectivity index (χ4v) is 4.87. The highest BCUT2D eigenvalue weighted by atomic mass is 32.2. The molecule has 1 aliphatic heterocycles. The van der Waals surface area contributed by atoms with Crippen LogP contribution in [0.3, 0.4) is 0 Å². The molecule has 0 bridgehead atoms. The molecule has 3 aromatic heterocycles. The maximum atomic E-state index is 15.0. The van der Waals surface area contributed by atoms with Gasteiger partial charge in [-0.3, -0.25) is 4.98 Å². The van der Waals surface area contributed by atoms with Crippen LogP contribution < -0.4 is 11.1 Å². The minimum Gasteiger partial charge on any atom is -0.395 e. The van der Waals surface area contributed by atoms with Gasteiger partial charge in [0.25, 0.3) is 0 Å². The van der Waals surface area contributed by atoms with Crippen LogP contribution in [0.1, 0.15) is 16.8 Å². The van der Waals surface area contributed by atoms with E-state index in [1.165, 1.54) is 10.6 Å². The van der Waals surface area contributed by atoms with Crippen molar-refractivity contribution in [3.05, 3.63) is 65.4 Å². The molecular formula is C23H22FN7O2S. The quantitative estimate of drug-likeness (QED) is 0.427. The Kier molecular flexibility index (Phi) is 5.37. The highest BCUT2D eigenvalue weighted by Gasteiger charge is 2.24. The molecule has 0 amide bonds. The highest BCUT2D eigenvalue weighted by Crippen LogP contribution is 2.34. The van der Waals surface area contributed by atoms with Crippen molar-refractivity contribution < 1.29 is 12.8 Å². The van der Waals surface area contributed by atoms with Crippen LogP contribution in [0.2, 0.25) is 0 Å². The summed E-state index contributed by atoms with van der Waals surface area (Å²) in [6.45, 7) is 2.57. The second-order valence-corrected chi connectivity index (χ2v) is 10.3. The molecule has 3 N–H and O–H groups in total. The van der Waals surface area contributed by atoms with Gasteiger partial charge in [0.1, 0.15) is 11.3 Å². The number of fused-ring (bicyclic) bond motifs is 2. The molecule has 0 spiro atoms. The molecule has 4 aromatic rings. The van der Waals surface area contributed by atoms with E-state index in [9.17, 15) is 8.42 Å². The number of halogens is 1. The standard InChI is InChI=1S/C23H22FN7O2S/c1-13-5-7-26-11-17(13)16-9-15-10-20(29-30-23(15)22(25)21(16)24)28-19-4-3-14-12-31(34(2,32)33)8-6-18(14)27-19/h3-5,7,9-11H,6,8,12,25H2,1-2H3,(H,27,28,29). The zero-order chi connectivity index (χ0) is 24.0. The molecule has 174 valence electrons. The Balaban J connectivity index is 1.47. The van der Waals surface area contributed by atoms with E-state index in [1.54, 1.807) is 30.6 Å². The molecule has 1 aliphatic rings. The Morgan fingerprint density at radius 1 is 1.12 bits per heavy atom. The summed E-state index contributed by atoms with van der Waals surface area (Å²) in [5, 5.41) is 12.0. The molecule has 1 aromatic carbocycles. The molecule has 0 fully saturated rings. The first kappa shape index (κ1) is 22.1. The first-order chi connectivity index (χ1) is 16.2. The number of hydrogen-bond donors (Lipinski definition) is 2. The van der Waals surface area contributed by atoms with E-state index in [2.05, 4.69) is 25.5 Å². The van der Waals surface area contributed by atoms with Crippen molar-refractivity contribution in [3.8, 4) is 11.1 Å². The minimum atomic E-state index is -3.25. The number of sulfonamides is 1. The second kappa shape index (κ2) is 8.26. The van der Waals surface area contributed by atoms with Crippen LogP contribution in [0.15, 0.2) is 42.7 Å². The third-order valence-corrected chi connectivity index (χ3v) is 7.17. The van der Waals surface area contributed by atoms with E-state index >= 15 is 4.39 Å². The summed E-state index contributed by atoms with van der Waals surface area (Å²) in [6.07, 6.45) is 4.98. The second-order valence-electron chi connectivity index (χ2n) is 8.28. The summed E-state index contributed by atoms with van der Waals surface area (Å²) in [6, 6.07) is 8.85. The Hall–Kier alpha value is -3.70. The molecule has 4 heterocycles. The number of nitrogen functional groups attached to an aromatic ring is 1. The van der Waals surface area contributed by atoms with Gasteiger partial charge in [-0.25, -0.2) is 17.8 Å². The van der Waals surface area contributed by atoms with Crippen LogP contribution in [0.4, 0.5) is 21.7 Å². The van der Waals surface area contributed by atoms with Gasteiger partial charge >= 0.3 is 0 Å². The van der Waals surface area contributed by atoms with E-state index in [0.29, 0.717) is 47.7 Å². The zero-order valence-electron chi connectivity index (χ0n) is 18.6. The lowest BCUT2D eigenvalue weighted by molar-refractivity contribution is 0.391. The monoisotopic (exact) mass is 479 g/mol. The number of aromatic nitrogens is 4. The van der Waals surface area contributed by atoms with Crippen LogP contribution in [0.25, 0.3) is 22.0 Å². The summed E-state index contributed by atoms with van der Waals surface area (Å²) in [5.74, 6) is 0.421. The normalized spacial score (nSPS) is 14.2. The van der Waals surface area contributed by atoms with Gasteiger partial charge < -0.3 is 11.1 Å². The lowest BCUT2D eigenvalue weighted by Crippen LogP contribution is -2.35. The fraction of sp³-hybridized carbons (Fsp3) is 0.217. The summed E-state index contributed by atoms with van der Waals surface area (Å²) in [4.78, 5) is 8.73. The highest BCUT2D eigenvalue weighted by molar-refractivity contribution is 7.88. The number of nitrogens with zero attached hydrogens (tertiary/aromatic N) is 5.